The number of halogens is 5. The smallest absolute Gasteiger partial charge is 0.406 e. The van der Waals surface area contributed by atoms with E-state index >= 15 is 0 Å². The summed E-state index contributed by atoms with van der Waals surface area (Å²) in [4.78, 5) is 0. The summed E-state index contributed by atoms with van der Waals surface area (Å²) in [7, 11) is 0. The molecular formula is C15H11Cl2F3O. The zero-order chi connectivity index (χ0) is 15.5. The molecule has 0 aromatic heterocycles. The van der Waals surface area contributed by atoms with Gasteiger partial charge in [-0.3, -0.25) is 0 Å². The molecule has 2 aromatic rings. The van der Waals surface area contributed by atoms with E-state index in [2.05, 4.69) is 4.74 Å². The minimum Gasteiger partial charge on any atom is -0.406 e. The lowest BCUT2D eigenvalue weighted by Gasteiger charge is -2.12. The summed E-state index contributed by atoms with van der Waals surface area (Å²) >= 11 is 12.2. The highest BCUT2D eigenvalue weighted by molar-refractivity contribution is 6.30. The molecule has 0 aliphatic heterocycles. The van der Waals surface area contributed by atoms with Crippen LogP contribution in [0.3, 0.4) is 0 Å². The fourth-order valence-electron chi connectivity index (χ4n) is 1.87. The average molecular weight is 335 g/mol. The second-order valence-electron chi connectivity index (χ2n) is 4.42. The van der Waals surface area contributed by atoms with Crippen molar-refractivity contribution in [3.8, 4) is 5.75 Å². The molecule has 112 valence electrons. The molecule has 1 unspecified atom stereocenters. The van der Waals surface area contributed by atoms with Crippen LogP contribution in [0.5, 0.6) is 5.75 Å². The van der Waals surface area contributed by atoms with Crippen molar-refractivity contribution in [3.05, 3.63) is 64.7 Å². The summed E-state index contributed by atoms with van der Waals surface area (Å²) in [6.45, 7) is 0. The molecule has 0 bridgehead atoms. The third kappa shape index (κ3) is 5.14. The quantitative estimate of drug-likeness (QED) is 0.646. The molecule has 0 N–H and O–H groups in total. The van der Waals surface area contributed by atoms with Crippen molar-refractivity contribution in [2.45, 2.75) is 18.2 Å². The van der Waals surface area contributed by atoms with Crippen LogP contribution in [0.15, 0.2) is 48.5 Å². The van der Waals surface area contributed by atoms with E-state index in [1.54, 1.807) is 12.1 Å². The molecule has 0 radical (unpaired) electrons. The fourth-order valence-corrected chi connectivity index (χ4v) is 2.40. The Balaban J connectivity index is 2.04. The van der Waals surface area contributed by atoms with Gasteiger partial charge >= 0.3 is 6.36 Å². The van der Waals surface area contributed by atoms with Gasteiger partial charge < -0.3 is 4.74 Å². The van der Waals surface area contributed by atoms with Crippen LogP contribution in [0.25, 0.3) is 0 Å². The van der Waals surface area contributed by atoms with Gasteiger partial charge in [0, 0.05) is 5.02 Å². The highest BCUT2D eigenvalue weighted by atomic mass is 35.5. The normalized spacial score (nSPS) is 13.0. The van der Waals surface area contributed by atoms with Crippen LogP contribution in [-0.4, -0.2) is 6.36 Å². The first kappa shape index (κ1) is 16.0. The number of hydrogen-bond donors (Lipinski definition) is 0. The summed E-state index contributed by atoms with van der Waals surface area (Å²) in [6.07, 6.45) is -4.16. The van der Waals surface area contributed by atoms with Crippen LogP contribution in [-0.2, 0) is 6.42 Å². The largest absolute Gasteiger partial charge is 0.573 e. The monoisotopic (exact) mass is 334 g/mol. The van der Waals surface area contributed by atoms with Crippen LogP contribution in [0.4, 0.5) is 13.2 Å². The van der Waals surface area contributed by atoms with Crippen LogP contribution >= 0.6 is 23.2 Å². The second-order valence-corrected chi connectivity index (χ2v) is 5.38. The molecule has 0 spiro atoms. The molecule has 0 aliphatic carbocycles. The first-order chi connectivity index (χ1) is 9.83. The maximum atomic E-state index is 12.1. The SMILES string of the molecule is FC(F)(F)Oc1ccc(C(Cl)Cc2cccc(Cl)c2)cc1. The molecule has 21 heavy (non-hydrogen) atoms. The van der Waals surface area contributed by atoms with Crippen molar-refractivity contribution < 1.29 is 17.9 Å². The Bertz CT molecular complexity index is 597. The molecular weight excluding hydrogens is 324 g/mol. The van der Waals surface area contributed by atoms with Crippen LogP contribution < -0.4 is 4.74 Å². The second kappa shape index (κ2) is 6.58. The Morgan fingerprint density at radius 2 is 1.71 bits per heavy atom. The van der Waals surface area contributed by atoms with Crippen molar-refractivity contribution >= 4 is 23.2 Å². The topological polar surface area (TPSA) is 9.23 Å². The van der Waals surface area contributed by atoms with Crippen molar-refractivity contribution in [2.75, 3.05) is 0 Å². The highest BCUT2D eigenvalue weighted by Crippen LogP contribution is 2.29. The van der Waals surface area contributed by atoms with E-state index in [1.807, 2.05) is 12.1 Å². The van der Waals surface area contributed by atoms with Gasteiger partial charge in [-0.05, 0) is 41.8 Å². The van der Waals surface area contributed by atoms with E-state index in [9.17, 15) is 13.2 Å². The fraction of sp³-hybridized carbons (Fsp3) is 0.200. The molecule has 0 aliphatic rings. The zero-order valence-corrected chi connectivity index (χ0v) is 12.2. The first-order valence-electron chi connectivity index (χ1n) is 6.08. The predicted octanol–water partition coefficient (Wildman–Crippen LogP) is 5.76. The summed E-state index contributed by atoms with van der Waals surface area (Å²) in [5, 5.41) is 0.258. The van der Waals surface area contributed by atoms with Crippen LogP contribution in [0, 0.1) is 0 Å². The molecule has 1 atom stereocenters. The van der Waals surface area contributed by atoms with E-state index in [4.69, 9.17) is 23.2 Å². The first-order valence-corrected chi connectivity index (χ1v) is 6.89. The number of rotatable bonds is 4. The summed E-state index contributed by atoms with van der Waals surface area (Å²) < 4.78 is 40.0. The summed E-state index contributed by atoms with van der Waals surface area (Å²) in [6, 6.07) is 12.8. The Hall–Kier alpha value is -1.39. The van der Waals surface area contributed by atoms with Gasteiger partial charge in [0.15, 0.2) is 0 Å². The van der Waals surface area contributed by atoms with Crippen molar-refractivity contribution in [1.29, 1.82) is 0 Å². The molecule has 1 nitrogen and oxygen atoms in total. The van der Waals surface area contributed by atoms with E-state index in [0.29, 0.717) is 17.0 Å². The van der Waals surface area contributed by atoms with Gasteiger partial charge in [-0.1, -0.05) is 35.9 Å². The van der Waals surface area contributed by atoms with E-state index in [-0.39, 0.29) is 11.1 Å². The minimum atomic E-state index is -4.69. The molecule has 6 heteroatoms. The zero-order valence-electron chi connectivity index (χ0n) is 10.7. The van der Waals surface area contributed by atoms with Gasteiger partial charge in [0.25, 0.3) is 0 Å². The van der Waals surface area contributed by atoms with Gasteiger partial charge in [0.05, 0.1) is 5.38 Å². The third-order valence-electron chi connectivity index (χ3n) is 2.78. The maximum Gasteiger partial charge on any atom is 0.573 e. The minimum absolute atomic E-state index is 0.266. The third-order valence-corrected chi connectivity index (χ3v) is 3.42. The number of ether oxygens (including phenoxy) is 1. The molecule has 0 heterocycles. The Morgan fingerprint density at radius 1 is 1.05 bits per heavy atom. The molecule has 2 rings (SSSR count). The standard InChI is InChI=1S/C15H11Cl2F3O/c16-12-3-1-2-10(8-12)9-14(17)11-4-6-13(7-5-11)21-15(18,19)20/h1-8,14H,9H2. The Morgan fingerprint density at radius 3 is 2.29 bits per heavy atom. The predicted molar refractivity (Wildman–Crippen MR) is 76.9 cm³/mol. The summed E-state index contributed by atoms with van der Waals surface area (Å²) in [5.41, 5.74) is 1.67. The number of benzene rings is 2. The van der Waals surface area contributed by atoms with Crippen LogP contribution in [0.1, 0.15) is 16.5 Å². The molecule has 0 saturated heterocycles. The van der Waals surface area contributed by atoms with E-state index in [1.165, 1.54) is 24.3 Å². The Kier molecular flexibility index (Phi) is 5.01. The average Bonchev–Trinajstić information content (AvgIpc) is 2.37. The van der Waals surface area contributed by atoms with Crippen molar-refractivity contribution in [3.63, 3.8) is 0 Å². The van der Waals surface area contributed by atoms with Crippen molar-refractivity contribution in [1.82, 2.24) is 0 Å². The summed E-state index contributed by atoms with van der Waals surface area (Å²) in [5.74, 6) is -0.266. The van der Waals surface area contributed by atoms with Gasteiger partial charge in [0.2, 0.25) is 0 Å². The van der Waals surface area contributed by atoms with Gasteiger partial charge in [0.1, 0.15) is 5.75 Å². The number of alkyl halides is 4. The Labute approximate surface area is 130 Å². The van der Waals surface area contributed by atoms with Gasteiger partial charge in [-0.25, -0.2) is 0 Å². The van der Waals surface area contributed by atoms with E-state index < -0.39 is 6.36 Å². The van der Waals surface area contributed by atoms with Gasteiger partial charge in [-0.2, -0.15) is 0 Å². The lowest BCUT2D eigenvalue weighted by molar-refractivity contribution is -0.274. The lowest BCUT2D eigenvalue weighted by atomic mass is 10.0. The molecule has 2 aromatic carbocycles. The van der Waals surface area contributed by atoms with Crippen molar-refractivity contribution in [2.24, 2.45) is 0 Å². The van der Waals surface area contributed by atoms with Gasteiger partial charge in [-0.15, -0.1) is 24.8 Å². The van der Waals surface area contributed by atoms with Crippen LogP contribution in [0.2, 0.25) is 5.02 Å². The number of hydrogen-bond acceptors (Lipinski definition) is 1. The molecule has 0 amide bonds. The molecule has 0 fully saturated rings. The van der Waals surface area contributed by atoms with E-state index in [0.717, 1.165) is 5.56 Å². The molecule has 0 saturated carbocycles. The lowest BCUT2D eigenvalue weighted by Crippen LogP contribution is -2.17. The maximum absolute atomic E-state index is 12.1. The highest BCUT2D eigenvalue weighted by Gasteiger charge is 2.31.